The van der Waals surface area contributed by atoms with E-state index in [2.05, 4.69) is 13.8 Å². The van der Waals surface area contributed by atoms with Crippen molar-refractivity contribution in [2.45, 2.75) is 206 Å². The summed E-state index contributed by atoms with van der Waals surface area (Å²) < 4.78 is 0. The van der Waals surface area contributed by atoms with Crippen molar-refractivity contribution in [3.05, 3.63) is 0 Å². The minimum atomic E-state index is 0.377. The van der Waals surface area contributed by atoms with Gasteiger partial charge in [0.2, 0.25) is 0 Å². The lowest BCUT2D eigenvalue weighted by atomic mass is 9.89. The molecule has 0 amide bonds. The van der Waals surface area contributed by atoms with Crippen LogP contribution in [0.15, 0.2) is 0 Å². The topological polar surface area (TPSA) is 20.2 Å². The van der Waals surface area contributed by atoms with E-state index in [9.17, 15) is 0 Å². The summed E-state index contributed by atoms with van der Waals surface area (Å²) in [6, 6.07) is 0. The number of hydrogen-bond donors (Lipinski definition) is 1. The van der Waals surface area contributed by atoms with E-state index in [1.165, 1.54) is 186 Å². The molecule has 0 aromatic rings. The molecule has 0 bridgehead atoms. The van der Waals surface area contributed by atoms with Gasteiger partial charge in [-0.3, -0.25) is 0 Å². The number of unbranched alkanes of at least 4 members (excludes halogenated alkanes) is 24. The molecule has 0 aliphatic heterocycles. The molecule has 1 nitrogen and oxygen atoms in total. The van der Waals surface area contributed by atoms with Crippen LogP contribution in [0.3, 0.4) is 0 Å². The smallest absolute Gasteiger partial charge is 0.0431 e. The zero-order valence-corrected chi connectivity index (χ0v) is 24.9. The molecular formula is C34H70O. The van der Waals surface area contributed by atoms with Crippen LogP contribution >= 0.6 is 0 Å². The Morgan fingerprint density at radius 2 is 0.543 bits per heavy atom. The molecule has 0 radical (unpaired) electrons. The molecule has 1 heteroatoms. The quantitative estimate of drug-likeness (QED) is 0.0950. The van der Waals surface area contributed by atoms with Gasteiger partial charge in [0, 0.05) is 6.61 Å². The Labute approximate surface area is 224 Å². The summed E-state index contributed by atoms with van der Waals surface area (Å²) in [6.45, 7) is 4.99. The molecule has 0 aromatic heterocycles. The third-order valence-electron chi connectivity index (χ3n) is 8.20. The van der Waals surface area contributed by atoms with Crippen molar-refractivity contribution in [1.82, 2.24) is 0 Å². The van der Waals surface area contributed by atoms with Crippen molar-refractivity contribution in [3.8, 4) is 0 Å². The average Bonchev–Trinajstić information content (AvgIpc) is 2.87. The van der Waals surface area contributed by atoms with Crippen molar-refractivity contribution in [2.24, 2.45) is 5.92 Å². The first-order valence-corrected chi connectivity index (χ1v) is 17.0. The van der Waals surface area contributed by atoms with Crippen LogP contribution in [-0.2, 0) is 0 Å². The highest BCUT2D eigenvalue weighted by Gasteiger charge is 2.08. The highest BCUT2D eigenvalue weighted by Crippen LogP contribution is 2.24. The Balaban J connectivity index is 3.65. The van der Waals surface area contributed by atoms with Crippen molar-refractivity contribution >= 4 is 0 Å². The first kappa shape index (κ1) is 35.0. The minimum Gasteiger partial charge on any atom is -0.396 e. The monoisotopic (exact) mass is 495 g/mol. The fraction of sp³-hybridized carbons (Fsp3) is 1.00. The normalized spacial score (nSPS) is 11.7. The van der Waals surface area contributed by atoms with Crippen molar-refractivity contribution in [3.63, 3.8) is 0 Å². The average molecular weight is 495 g/mol. The predicted molar refractivity (Wildman–Crippen MR) is 160 cm³/mol. The Morgan fingerprint density at radius 1 is 0.314 bits per heavy atom. The number of rotatable bonds is 31. The van der Waals surface area contributed by atoms with E-state index in [-0.39, 0.29) is 0 Å². The lowest BCUT2D eigenvalue weighted by Crippen LogP contribution is -2.02. The Kier molecular flexibility index (Phi) is 32.0. The molecular weight excluding hydrogens is 424 g/mol. The predicted octanol–water partition coefficient (Wildman–Crippen LogP) is 12.3. The molecule has 0 spiro atoms. The SMILES string of the molecule is CCCCCCCCCCCCCCC(CCCCCO)CCCCCCCCCCCCCC. The molecule has 0 aromatic carbocycles. The summed E-state index contributed by atoms with van der Waals surface area (Å²) in [7, 11) is 0. The van der Waals surface area contributed by atoms with Gasteiger partial charge < -0.3 is 5.11 Å². The standard InChI is InChI=1S/C34H70O/c1-3-5-7-9-11-13-15-17-19-21-23-26-30-34(32-28-25-29-33-35)31-27-24-22-20-18-16-14-12-10-8-6-4-2/h34-35H,3-33H2,1-2H3. The number of aliphatic hydroxyl groups excluding tert-OH is 1. The van der Waals surface area contributed by atoms with Gasteiger partial charge in [-0.05, 0) is 12.3 Å². The van der Waals surface area contributed by atoms with Gasteiger partial charge in [0.15, 0.2) is 0 Å². The van der Waals surface area contributed by atoms with Gasteiger partial charge in [0.25, 0.3) is 0 Å². The van der Waals surface area contributed by atoms with Gasteiger partial charge in [0.1, 0.15) is 0 Å². The molecule has 1 N–H and O–H groups in total. The molecule has 0 unspecified atom stereocenters. The van der Waals surface area contributed by atoms with Crippen LogP contribution in [0.2, 0.25) is 0 Å². The number of hydrogen-bond acceptors (Lipinski definition) is 1. The maximum Gasteiger partial charge on any atom is 0.0431 e. The molecule has 0 aliphatic carbocycles. The van der Waals surface area contributed by atoms with E-state index in [4.69, 9.17) is 5.11 Å². The minimum absolute atomic E-state index is 0.377. The molecule has 0 atom stereocenters. The lowest BCUT2D eigenvalue weighted by Gasteiger charge is -2.17. The van der Waals surface area contributed by atoms with Crippen LogP contribution in [0.4, 0.5) is 0 Å². The van der Waals surface area contributed by atoms with Gasteiger partial charge in [-0.1, -0.05) is 200 Å². The summed E-state index contributed by atoms with van der Waals surface area (Å²) in [5, 5.41) is 9.08. The molecule has 0 saturated heterocycles. The van der Waals surface area contributed by atoms with Crippen LogP contribution in [0.5, 0.6) is 0 Å². The summed E-state index contributed by atoms with van der Waals surface area (Å²) in [5.74, 6) is 0.958. The third-order valence-corrected chi connectivity index (χ3v) is 8.20. The second kappa shape index (κ2) is 32.0. The van der Waals surface area contributed by atoms with E-state index in [0.29, 0.717) is 6.61 Å². The van der Waals surface area contributed by atoms with E-state index in [0.717, 1.165) is 12.3 Å². The van der Waals surface area contributed by atoms with Gasteiger partial charge in [-0.2, -0.15) is 0 Å². The zero-order valence-electron chi connectivity index (χ0n) is 24.9. The maximum absolute atomic E-state index is 9.08. The summed E-state index contributed by atoms with van der Waals surface area (Å²) in [6.07, 6.45) is 42.8. The first-order valence-electron chi connectivity index (χ1n) is 17.0. The summed E-state index contributed by atoms with van der Waals surface area (Å²) in [4.78, 5) is 0. The van der Waals surface area contributed by atoms with Gasteiger partial charge >= 0.3 is 0 Å². The Morgan fingerprint density at radius 3 is 0.800 bits per heavy atom. The molecule has 0 aliphatic rings. The van der Waals surface area contributed by atoms with Crippen LogP contribution in [-0.4, -0.2) is 11.7 Å². The zero-order chi connectivity index (χ0) is 25.5. The van der Waals surface area contributed by atoms with E-state index in [1.54, 1.807) is 0 Å². The Hall–Kier alpha value is -0.0400. The molecule has 35 heavy (non-hydrogen) atoms. The Bertz CT molecular complexity index is 324. The molecule has 0 rings (SSSR count). The van der Waals surface area contributed by atoms with E-state index in [1.807, 2.05) is 0 Å². The highest BCUT2D eigenvalue weighted by molar-refractivity contribution is 4.62. The molecule has 0 fully saturated rings. The van der Waals surface area contributed by atoms with Crippen LogP contribution in [0.1, 0.15) is 206 Å². The van der Waals surface area contributed by atoms with Crippen molar-refractivity contribution in [1.29, 1.82) is 0 Å². The third kappa shape index (κ3) is 30.1. The number of aliphatic hydroxyl groups is 1. The fourth-order valence-corrected chi connectivity index (χ4v) is 5.70. The van der Waals surface area contributed by atoms with Gasteiger partial charge in [0.05, 0.1) is 0 Å². The van der Waals surface area contributed by atoms with E-state index >= 15 is 0 Å². The highest BCUT2D eigenvalue weighted by atomic mass is 16.2. The van der Waals surface area contributed by atoms with Crippen LogP contribution in [0, 0.1) is 5.92 Å². The summed E-state index contributed by atoms with van der Waals surface area (Å²) >= 11 is 0. The second-order valence-electron chi connectivity index (χ2n) is 11.8. The molecule has 212 valence electrons. The van der Waals surface area contributed by atoms with Gasteiger partial charge in [-0.15, -0.1) is 0 Å². The van der Waals surface area contributed by atoms with Crippen molar-refractivity contribution in [2.75, 3.05) is 6.61 Å². The van der Waals surface area contributed by atoms with E-state index < -0.39 is 0 Å². The maximum atomic E-state index is 9.08. The largest absolute Gasteiger partial charge is 0.396 e. The lowest BCUT2D eigenvalue weighted by molar-refractivity contribution is 0.278. The molecule has 0 saturated carbocycles. The van der Waals surface area contributed by atoms with Gasteiger partial charge in [-0.25, -0.2) is 0 Å². The first-order chi connectivity index (χ1) is 17.3. The van der Waals surface area contributed by atoms with Crippen LogP contribution < -0.4 is 0 Å². The second-order valence-corrected chi connectivity index (χ2v) is 11.8. The fourth-order valence-electron chi connectivity index (χ4n) is 5.70. The van der Waals surface area contributed by atoms with Crippen molar-refractivity contribution < 1.29 is 5.11 Å². The molecule has 0 heterocycles. The summed E-state index contributed by atoms with van der Waals surface area (Å²) in [5.41, 5.74) is 0. The van der Waals surface area contributed by atoms with Crippen LogP contribution in [0.25, 0.3) is 0 Å².